The first-order chi connectivity index (χ1) is 9.65. The SMILES string of the molecule is CCc1nc(C(=O)OC)c(N)n1CCCOCCOC. The average Bonchev–Trinajstić information content (AvgIpc) is 2.78. The van der Waals surface area contributed by atoms with E-state index >= 15 is 0 Å². The number of methoxy groups -OCH3 is 2. The lowest BCUT2D eigenvalue weighted by Crippen LogP contribution is -2.11. The minimum absolute atomic E-state index is 0.185. The van der Waals surface area contributed by atoms with Crippen LogP contribution in [0.5, 0.6) is 0 Å². The maximum absolute atomic E-state index is 11.5. The highest BCUT2D eigenvalue weighted by Crippen LogP contribution is 2.16. The number of imidazole rings is 1. The molecule has 20 heavy (non-hydrogen) atoms. The molecule has 0 bridgehead atoms. The van der Waals surface area contributed by atoms with E-state index < -0.39 is 5.97 Å². The lowest BCUT2D eigenvalue weighted by molar-refractivity contribution is 0.0595. The molecule has 0 aliphatic heterocycles. The monoisotopic (exact) mass is 285 g/mol. The Labute approximate surface area is 119 Å². The van der Waals surface area contributed by atoms with E-state index in [2.05, 4.69) is 9.72 Å². The molecule has 0 atom stereocenters. The molecule has 114 valence electrons. The van der Waals surface area contributed by atoms with Crippen molar-refractivity contribution in [2.24, 2.45) is 0 Å². The first-order valence-corrected chi connectivity index (χ1v) is 6.65. The second-order valence-electron chi connectivity index (χ2n) is 4.22. The molecule has 0 spiro atoms. The van der Waals surface area contributed by atoms with Gasteiger partial charge in [-0.15, -0.1) is 0 Å². The van der Waals surface area contributed by atoms with E-state index in [1.807, 2.05) is 11.5 Å². The van der Waals surface area contributed by atoms with Gasteiger partial charge in [-0.25, -0.2) is 9.78 Å². The zero-order valence-electron chi connectivity index (χ0n) is 12.3. The van der Waals surface area contributed by atoms with Crippen LogP contribution in [-0.4, -0.2) is 49.6 Å². The Bertz CT molecular complexity index is 431. The van der Waals surface area contributed by atoms with Crippen LogP contribution in [0.1, 0.15) is 29.7 Å². The van der Waals surface area contributed by atoms with Crippen molar-refractivity contribution in [3.8, 4) is 0 Å². The Hall–Kier alpha value is -1.60. The number of anilines is 1. The molecule has 7 nitrogen and oxygen atoms in total. The van der Waals surface area contributed by atoms with E-state index in [9.17, 15) is 4.79 Å². The quantitative estimate of drug-likeness (QED) is 0.535. The number of hydrogen-bond donors (Lipinski definition) is 1. The normalized spacial score (nSPS) is 10.8. The van der Waals surface area contributed by atoms with E-state index in [-0.39, 0.29) is 5.69 Å². The molecule has 0 saturated carbocycles. The second kappa shape index (κ2) is 8.55. The molecule has 0 amide bonds. The highest BCUT2D eigenvalue weighted by Gasteiger charge is 2.19. The predicted octanol–water partition coefficient (Wildman–Crippen LogP) is 0.867. The summed E-state index contributed by atoms with van der Waals surface area (Å²) < 4.78 is 16.8. The van der Waals surface area contributed by atoms with Gasteiger partial charge in [0.1, 0.15) is 11.6 Å². The number of ether oxygens (including phenoxy) is 3. The number of aromatic nitrogens is 2. The minimum Gasteiger partial charge on any atom is -0.464 e. The molecular formula is C13H23N3O4. The summed E-state index contributed by atoms with van der Waals surface area (Å²) in [6.07, 6.45) is 1.49. The molecule has 1 aromatic heterocycles. The third-order valence-electron chi connectivity index (χ3n) is 2.88. The van der Waals surface area contributed by atoms with E-state index in [1.54, 1.807) is 7.11 Å². The molecule has 1 rings (SSSR count). The molecule has 0 saturated heterocycles. The highest BCUT2D eigenvalue weighted by molar-refractivity contribution is 5.92. The number of esters is 1. The van der Waals surface area contributed by atoms with Gasteiger partial charge < -0.3 is 24.5 Å². The fourth-order valence-corrected chi connectivity index (χ4v) is 1.85. The number of carbonyl (C=O) groups excluding carboxylic acids is 1. The molecule has 0 aliphatic carbocycles. The van der Waals surface area contributed by atoms with Gasteiger partial charge in [0, 0.05) is 26.7 Å². The third kappa shape index (κ3) is 4.21. The molecule has 1 aromatic rings. The van der Waals surface area contributed by atoms with Crippen molar-refractivity contribution in [2.45, 2.75) is 26.3 Å². The summed E-state index contributed by atoms with van der Waals surface area (Å²) in [6.45, 7) is 4.39. The topological polar surface area (TPSA) is 88.6 Å². The van der Waals surface area contributed by atoms with Gasteiger partial charge in [0.25, 0.3) is 0 Å². The van der Waals surface area contributed by atoms with Gasteiger partial charge in [-0.3, -0.25) is 0 Å². The molecule has 7 heteroatoms. The number of rotatable bonds is 9. The van der Waals surface area contributed by atoms with Gasteiger partial charge in [0.05, 0.1) is 20.3 Å². The second-order valence-corrected chi connectivity index (χ2v) is 4.22. The van der Waals surface area contributed by atoms with Gasteiger partial charge in [0.15, 0.2) is 5.69 Å². The first-order valence-electron chi connectivity index (χ1n) is 6.65. The van der Waals surface area contributed by atoms with Crippen LogP contribution in [0.3, 0.4) is 0 Å². The molecule has 2 N–H and O–H groups in total. The maximum Gasteiger partial charge on any atom is 0.360 e. The van der Waals surface area contributed by atoms with Crippen LogP contribution in [0, 0.1) is 0 Å². The van der Waals surface area contributed by atoms with Crippen molar-refractivity contribution in [1.82, 2.24) is 9.55 Å². The zero-order chi connectivity index (χ0) is 15.0. The van der Waals surface area contributed by atoms with Crippen molar-refractivity contribution < 1.29 is 19.0 Å². The Morgan fingerprint density at radius 1 is 1.30 bits per heavy atom. The molecule has 0 aliphatic rings. The Kier molecular flexibility index (Phi) is 7.03. The van der Waals surface area contributed by atoms with Crippen LogP contribution >= 0.6 is 0 Å². The largest absolute Gasteiger partial charge is 0.464 e. The molecular weight excluding hydrogens is 262 g/mol. The van der Waals surface area contributed by atoms with Crippen LogP contribution in [0.25, 0.3) is 0 Å². The van der Waals surface area contributed by atoms with Crippen molar-refractivity contribution in [2.75, 3.05) is 39.8 Å². The van der Waals surface area contributed by atoms with Crippen LogP contribution < -0.4 is 5.73 Å². The predicted molar refractivity (Wildman–Crippen MR) is 74.7 cm³/mol. The maximum atomic E-state index is 11.5. The average molecular weight is 285 g/mol. The fourth-order valence-electron chi connectivity index (χ4n) is 1.85. The number of carbonyl (C=O) groups is 1. The summed E-state index contributed by atoms with van der Waals surface area (Å²) in [6, 6.07) is 0. The summed E-state index contributed by atoms with van der Waals surface area (Å²) >= 11 is 0. The van der Waals surface area contributed by atoms with Crippen LogP contribution in [0.2, 0.25) is 0 Å². The van der Waals surface area contributed by atoms with Crippen molar-refractivity contribution >= 4 is 11.8 Å². The van der Waals surface area contributed by atoms with Gasteiger partial charge >= 0.3 is 5.97 Å². The molecule has 0 fully saturated rings. The summed E-state index contributed by atoms with van der Waals surface area (Å²) in [5.74, 6) is 0.623. The van der Waals surface area contributed by atoms with Crippen LogP contribution in [-0.2, 0) is 27.2 Å². The third-order valence-corrected chi connectivity index (χ3v) is 2.88. The van der Waals surface area contributed by atoms with Crippen molar-refractivity contribution in [3.63, 3.8) is 0 Å². The number of nitrogen functional groups attached to an aromatic ring is 1. The molecule has 0 unspecified atom stereocenters. The number of nitrogens with zero attached hydrogens (tertiary/aromatic N) is 2. The molecule has 1 heterocycles. The van der Waals surface area contributed by atoms with Gasteiger partial charge in [0.2, 0.25) is 0 Å². The highest BCUT2D eigenvalue weighted by atomic mass is 16.5. The molecule has 0 aromatic carbocycles. The standard InChI is InChI=1S/C13H23N3O4/c1-4-10-15-11(13(17)19-3)12(14)16(10)6-5-7-20-9-8-18-2/h4-9,14H2,1-3H3. The smallest absolute Gasteiger partial charge is 0.360 e. The van der Waals surface area contributed by atoms with Gasteiger partial charge in [-0.2, -0.15) is 0 Å². The number of nitrogens with two attached hydrogens (primary N) is 1. The van der Waals surface area contributed by atoms with Crippen LogP contribution in [0.15, 0.2) is 0 Å². The summed E-state index contributed by atoms with van der Waals surface area (Å²) in [7, 11) is 2.95. The number of hydrogen-bond acceptors (Lipinski definition) is 6. The first kappa shape index (κ1) is 16.5. The minimum atomic E-state index is -0.507. The number of aryl methyl sites for hydroxylation is 1. The van der Waals surface area contributed by atoms with Crippen LogP contribution in [0.4, 0.5) is 5.82 Å². The van der Waals surface area contributed by atoms with Gasteiger partial charge in [-0.05, 0) is 6.42 Å². The molecule has 0 radical (unpaired) electrons. The Morgan fingerprint density at radius 2 is 2.05 bits per heavy atom. The lowest BCUT2D eigenvalue weighted by Gasteiger charge is -2.09. The van der Waals surface area contributed by atoms with Gasteiger partial charge in [-0.1, -0.05) is 6.92 Å². The van der Waals surface area contributed by atoms with Crippen molar-refractivity contribution in [1.29, 1.82) is 0 Å². The summed E-state index contributed by atoms with van der Waals surface area (Å²) in [5, 5.41) is 0. The van der Waals surface area contributed by atoms with E-state index in [0.717, 1.165) is 12.2 Å². The lowest BCUT2D eigenvalue weighted by atomic mass is 10.4. The fraction of sp³-hybridized carbons (Fsp3) is 0.692. The van der Waals surface area contributed by atoms with E-state index in [4.69, 9.17) is 15.2 Å². The summed E-state index contributed by atoms with van der Waals surface area (Å²) in [4.78, 5) is 15.8. The Morgan fingerprint density at radius 3 is 2.65 bits per heavy atom. The Balaban J connectivity index is 2.60. The van der Waals surface area contributed by atoms with E-state index in [1.165, 1.54) is 7.11 Å². The van der Waals surface area contributed by atoms with Crippen molar-refractivity contribution in [3.05, 3.63) is 11.5 Å². The zero-order valence-corrected chi connectivity index (χ0v) is 12.3. The summed E-state index contributed by atoms with van der Waals surface area (Å²) in [5.41, 5.74) is 6.14. The van der Waals surface area contributed by atoms with E-state index in [0.29, 0.717) is 38.6 Å².